The third-order valence-electron chi connectivity index (χ3n) is 5.64. The van der Waals surface area contributed by atoms with Crippen molar-refractivity contribution in [3.8, 4) is 17.3 Å². The highest BCUT2D eigenvalue weighted by molar-refractivity contribution is 6.34. The minimum atomic E-state index is -0.430. The lowest BCUT2D eigenvalue weighted by molar-refractivity contribution is -0.117. The van der Waals surface area contributed by atoms with E-state index in [-0.39, 0.29) is 18.4 Å². The lowest BCUT2D eigenvalue weighted by Crippen LogP contribution is -2.25. The van der Waals surface area contributed by atoms with Crippen molar-refractivity contribution < 1.29 is 9.59 Å². The molecule has 9 nitrogen and oxygen atoms in total. The van der Waals surface area contributed by atoms with Gasteiger partial charge in [0.15, 0.2) is 11.5 Å². The second-order valence-corrected chi connectivity index (χ2v) is 8.57. The molecule has 5 rings (SSSR count). The maximum atomic E-state index is 12.5. The van der Waals surface area contributed by atoms with Gasteiger partial charge in [0.2, 0.25) is 5.91 Å². The van der Waals surface area contributed by atoms with E-state index >= 15 is 0 Å². The van der Waals surface area contributed by atoms with Crippen molar-refractivity contribution >= 4 is 45.9 Å². The average Bonchev–Trinajstić information content (AvgIpc) is 3.51. The molecule has 2 aromatic heterocycles. The summed E-state index contributed by atoms with van der Waals surface area (Å²) in [6.45, 7) is 0.292. The van der Waals surface area contributed by atoms with E-state index < -0.39 is 5.91 Å². The summed E-state index contributed by atoms with van der Waals surface area (Å²) in [5.41, 5.74) is 9.52. The number of anilines is 1. The Hall–Kier alpha value is -4.16. The molecule has 0 unspecified atom stereocenters. The van der Waals surface area contributed by atoms with Gasteiger partial charge in [0, 0.05) is 24.6 Å². The predicted molar refractivity (Wildman–Crippen MR) is 128 cm³/mol. The van der Waals surface area contributed by atoms with Crippen LogP contribution in [-0.2, 0) is 4.79 Å². The average molecular weight is 474 g/mol. The number of hydrogen-bond donors (Lipinski definition) is 3. The molecule has 1 aliphatic carbocycles. The molecule has 2 heterocycles. The number of nitriles is 1. The van der Waals surface area contributed by atoms with Crippen LogP contribution in [0.4, 0.5) is 5.82 Å². The van der Waals surface area contributed by atoms with Gasteiger partial charge in [-0.25, -0.2) is 9.97 Å². The number of benzene rings is 2. The molecule has 0 bridgehead atoms. The second-order valence-electron chi connectivity index (χ2n) is 8.16. The number of fused-ring (bicyclic) bond motifs is 3. The molecule has 4 N–H and O–H groups in total. The Balaban J connectivity index is 1.62. The highest BCUT2D eigenvalue weighted by Gasteiger charge is 2.25. The lowest BCUT2D eigenvalue weighted by Gasteiger charge is -2.12. The van der Waals surface area contributed by atoms with Gasteiger partial charge < -0.3 is 16.4 Å². The first kappa shape index (κ1) is 21.7. The Morgan fingerprint density at radius 2 is 2.06 bits per heavy atom. The fraction of sp³-hybridized carbons (Fsp3) is 0.208. The number of nitrogens with two attached hydrogens (primary N) is 1. The van der Waals surface area contributed by atoms with Gasteiger partial charge in [-0.15, -0.1) is 0 Å². The van der Waals surface area contributed by atoms with Crippen LogP contribution in [0.25, 0.3) is 27.9 Å². The molecule has 0 spiro atoms. The Morgan fingerprint density at radius 3 is 2.76 bits per heavy atom. The van der Waals surface area contributed by atoms with Crippen LogP contribution in [0.1, 0.15) is 35.2 Å². The molecule has 34 heavy (non-hydrogen) atoms. The number of carbonyl (C=O) groups excluding carboxylic acids is 2. The number of rotatable bonds is 7. The van der Waals surface area contributed by atoms with Crippen LogP contribution in [0.3, 0.4) is 0 Å². The predicted octanol–water partition coefficient (Wildman–Crippen LogP) is 3.25. The SMILES string of the molecule is N#Cc1ccc2c(c1)nc(NCCC(N)=O)c1ncc(-c3ccc(C(=O)NC4CC4)c(Cl)c3)n12. The van der Waals surface area contributed by atoms with E-state index in [1.54, 1.807) is 30.5 Å². The third kappa shape index (κ3) is 4.11. The maximum absolute atomic E-state index is 12.5. The molecule has 10 heteroatoms. The molecule has 170 valence electrons. The normalized spacial score (nSPS) is 13.1. The molecular formula is C24H20ClN7O2. The van der Waals surface area contributed by atoms with Crippen LogP contribution in [0.15, 0.2) is 42.6 Å². The Kier molecular flexibility index (Phi) is 5.51. The Morgan fingerprint density at radius 1 is 1.24 bits per heavy atom. The number of amides is 2. The maximum Gasteiger partial charge on any atom is 0.253 e. The number of aromatic nitrogens is 3. The van der Waals surface area contributed by atoms with Crippen molar-refractivity contribution in [1.29, 1.82) is 5.26 Å². The molecule has 1 aliphatic rings. The molecule has 4 aromatic rings. The Bertz CT molecular complexity index is 1500. The fourth-order valence-corrected chi connectivity index (χ4v) is 4.05. The summed E-state index contributed by atoms with van der Waals surface area (Å²) in [5.74, 6) is -0.154. The molecule has 0 radical (unpaired) electrons. The van der Waals surface area contributed by atoms with E-state index in [2.05, 4.69) is 26.7 Å². The number of hydrogen-bond acceptors (Lipinski definition) is 6. The first-order valence-corrected chi connectivity index (χ1v) is 11.2. The van der Waals surface area contributed by atoms with E-state index in [0.717, 1.165) is 29.6 Å². The summed E-state index contributed by atoms with van der Waals surface area (Å²) in [4.78, 5) is 32.8. The largest absolute Gasteiger partial charge is 0.370 e. The zero-order valence-electron chi connectivity index (χ0n) is 18.0. The van der Waals surface area contributed by atoms with Crippen molar-refractivity contribution in [2.45, 2.75) is 25.3 Å². The van der Waals surface area contributed by atoms with Crippen molar-refractivity contribution in [3.05, 3.63) is 58.7 Å². The molecule has 1 fully saturated rings. The summed E-state index contributed by atoms with van der Waals surface area (Å²) in [7, 11) is 0. The van der Waals surface area contributed by atoms with Crippen molar-refractivity contribution in [1.82, 2.24) is 19.7 Å². The second kappa shape index (κ2) is 8.65. The van der Waals surface area contributed by atoms with Crippen molar-refractivity contribution in [3.63, 3.8) is 0 Å². The summed E-state index contributed by atoms with van der Waals surface area (Å²) in [6, 6.07) is 12.8. The highest BCUT2D eigenvalue weighted by Crippen LogP contribution is 2.31. The quantitative estimate of drug-likeness (QED) is 0.376. The number of nitrogens with zero attached hydrogens (tertiary/aromatic N) is 4. The molecule has 2 aromatic carbocycles. The minimum absolute atomic E-state index is 0.137. The zero-order chi connectivity index (χ0) is 23.8. The summed E-state index contributed by atoms with van der Waals surface area (Å²) >= 11 is 6.49. The van der Waals surface area contributed by atoms with Gasteiger partial charge in [-0.2, -0.15) is 5.26 Å². The van der Waals surface area contributed by atoms with E-state index in [0.29, 0.717) is 39.7 Å². The van der Waals surface area contributed by atoms with Crippen LogP contribution >= 0.6 is 11.6 Å². The van der Waals surface area contributed by atoms with Gasteiger partial charge in [0.25, 0.3) is 5.91 Å². The molecule has 0 saturated heterocycles. The van der Waals surface area contributed by atoms with Crippen LogP contribution in [0.5, 0.6) is 0 Å². The number of halogens is 1. The Labute approximate surface area is 199 Å². The molecule has 0 aliphatic heterocycles. The smallest absolute Gasteiger partial charge is 0.253 e. The van der Waals surface area contributed by atoms with E-state index in [1.165, 1.54) is 0 Å². The van der Waals surface area contributed by atoms with Gasteiger partial charge >= 0.3 is 0 Å². The lowest BCUT2D eigenvalue weighted by atomic mass is 10.1. The summed E-state index contributed by atoms with van der Waals surface area (Å²) < 4.78 is 1.91. The summed E-state index contributed by atoms with van der Waals surface area (Å²) in [5, 5.41) is 15.7. The monoisotopic (exact) mass is 473 g/mol. The molecule has 1 saturated carbocycles. The zero-order valence-corrected chi connectivity index (χ0v) is 18.8. The number of nitrogens with one attached hydrogen (secondary N) is 2. The van der Waals surface area contributed by atoms with Gasteiger partial charge in [-0.05, 0) is 43.2 Å². The molecule has 2 amide bonds. The first-order valence-electron chi connectivity index (χ1n) is 10.8. The van der Waals surface area contributed by atoms with Crippen molar-refractivity contribution in [2.24, 2.45) is 5.73 Å². The number of carbonyl (C=O) groups is 2. The topological polar surface area (TPSA) is 138 Å². The van der Waals surface area contributed by atoms with Gasteiger partial charge in [-0.1, -0.05) is 17.7 Å². The summed E-state index contributed by atoms with van der Waals surface area (Å²) in [6.07, 6.45) is 3.82. The van der Waals surface area contributed by atoms with Crippen LogP contribution in [0.2, 0.25) is 5.02 Å². The van der Waals surface area contributed by atoms with Crippen LogP contribution in [-0.4, -0.2) is 38.8 Å². The minimum Gasteiger partial charge on any atom is -0.370 e. The number of imidazole rings is 1. The fourth-order valence-electron chi connectivity index (χ4n) is 3.78. The highest BCUT2D eigenvalue weighted by atomic mass is 35.5. The van der Waals surface area contributed by atoms with E-state index in [9.17, 15) is 14.9 Å². The standard InChI is InChI=1S/C24H20ClN7O2/c25-17-10-14(2-5-16(17)24(34)30-15-3-4-15)20-12-29-23-22(28-8-7-21(27)33)31-18-9-13(11-26)1-6-19(18)32(20)23/h1-2,5-6,9-10,12,15H,3-4,7-8H2,(H2,27,33)(H,28,31)(H,30,34). The molecular weight excluding hydrogens is 454 g/mol. The van der Waals surface area contributed by atoms with E-state index in [1.807, 2.05) is 16.5 Å². The van der Waals surface area contributed by atoms with Gasteiger partial charge in [-0.3, -0.25) is 14.0 Å². The van der Waals surface area contributed by atoms with Crippen molar-refractivity contribution in [2.75, 3.05) is 11.9 Å². The van der Waals surface area contributed by atoms with E-state index in [4.69, 9.17) is 17.3 Å². The number of primary amides is 1. The van der Waals surface area contributed by atoms with Gasteiger partial charge in [0.05, 0.1) is 45.1 Å². The van der Waals surface area contributed by atoms with Crippen LogP contribution in [0, 0.1) is 11.3 Å². The van der Waals surface area contributed by atoms with Gasteiger partial charge in [0.1, 0.15) is 0 Å². The van der Waals surface area contributed by atoms with Crippen LogP contribution < -0.4 is 16.4 Å². The third-order valence-corrected chi connectivity index (χ3v) is 5.95. The molecule has 0 atom stereocenters. The first-order chi connectivity index (χ1) is 16.4.